The summed E-state index contributed by atoms with van der Waals surface area (Å²) in [6.45, 7) is -0.145. The molecule has 1 saturated heterocycles. The maximum atomic E-state index is 15.1. The van der Waals surface area contributed by atoms with E-state index in [9.17, 15) is 26.3 Å². The normalized spacial score (nSPS) is 21.4. The van der Waals surface area contributed by atoms with Crippen LogP contribution in [0.25, 0.3) is 10.9 Å². The number of alkyl halides is 6. The highest BCUT2D eigenvalue weighted by atomic mass is 19.3. The van der Waals surface area contributed by atoms with Crippen LogP contribution in [0.3, 0.4) is 0 Å². The van der Waals surface area contributed by atoms with Gasteiger partial charge in [-0.2, -0.15) is 8.78 Å². The number of halogens is 7. The molecule has 0 aliphatic carbocycles. The van der Waals surface area contributed by atoms with Gasteiger partial charge in [0.1, 0.15) is 11.6 Å². The van der Waals surface area contributed by atoms with E-state index >= 15 is 4.39 Å². The van der Waals surface area contributed by atoms with Crippen LogP contribution in [0.4, 0.5) is 36.4 Å². The Morgan fingerprint density at radius 2 is 1.85 bits per heavy atom. The molecule has 0 radical (unpaired) electrons. The zero-order valence-corrected chi connectivity index (χ0v) is 21.1. The molecule has 212 valence electrons. The predicted octanol–water partition coefficient (Wildman–Crippen LogP) is 6.26. The van der Waals surface area contributed by atoms with Crippen LogP contribution in [0, 0.1) is 5.82 Å². The summed E-state index contributed by atoms with van der Waals surface area (Å²) in [6, 6.07) is 6.46. The summed E-state index contributed by atoms with van der Waals surface area (Å²) < 4.78 is 101. The number of hydrogen-bond acceptors (Lipinski definition) is 4. The number of nitrogens with zero attached hydrogens (tertiary/aromatic N) is 2. The number of benzene rings is 2. The first kappa shape index (κ1) is 27.6. The molecule has 3 atom stereocenters. The molecule has 0 amide bonds. The van der Waals surface area contributed by atoms with Gasteiger partial charge in [0.2, 0.25) is 6.30 Å². The first-order chi connectivity index (χ1) is 18.7. The van der Waals surface area contributed by atoms with Crippen molar-refractivity contribution in [1.82, 2.24) is 14.8 Å². The maximum Gasteiger partial charge on any atom is 0.387 e. The molecule has 2 aliphatic rings. The molecule has 5 rings (SSSR count). The smallest absolute Gasteiger partial charge is 0.387 e. The van der Waals surface area contributed by atoms with Crippen molar-refractivity contribution in [3.63, 3.8) is 0 Å². The Kier molecular flexibility index (Phi) is 7.95. The number of anilines is 1. The first-order valence-electron chi connectivity index (χ1n) is 12.8. The standard InChI is InChI=1S/C27H29F7N4O/c1-14-9-20-19-10-15(29)3-6-21(19)36-23(20)24(38(14)26(32)25(30)31)18-5-4-16(11-22(18)39-27(33)34)35-17-12-37(13-17)8-2-7-28/h3-6,10-11,14,17,24-27,35-36H,2,7-9,12-13H2,1H3/t14-,24?,26?/m1/s1. The van der Waals surface area contributed by atoms with Gasteiger partial charge in [-0.3, -0.25) is 14.2 Å². The fourth-order valence-electron chi connectivity index (χ4n) is 5.74. The van der Waals surface area contributed by atoms with Crippen molar-refractivity contribution in [1.29, 1.82) is 0 Å². The minimum absolute atomic E-state index is 0.00493. The summed E-state index contributed by atoms with van der Waals surface area (Å²) in [5.41, 5.74) is 1.98. The average Bonchev–Trinajstić information content (AvgIpc) is 3.21. The molecule has 0 spiro atoms. The minimum Gasteiger partial charge on any atom is -0.434 e. The molecule has 1 aromatic heterocycles. The van der Waals surface area contributed by atoms with Crippen LogP contribution < -0.4 is 10.1 Å². The van der Waals surface area contributed by atoms with Gasteiger partial charge in [0.05, 0.1) is 18.8 Å². The van der Waals surface area contributed by atoms with Crippen molar-refractivity contribution in [2.75, 3.05) is 31.6 Å². The number of H-pyrrole nitrogens is 1. The van der Waals surface area contributed by atoms with E-state index in [2.05, 4.69) is 15.2 Å². The molecular formula is C27H29F7N4O. The quantitative estimate of drug-likeness (QED) is 0.228. The molecule has 1 fully saturated rings. The number of likely N-dealkylation sites (tertiary alicyclic amines) is 1. The topological polar surface area (TPSA) is 43.5 Å². The number of rotatable bonds is 10. The third-order valence-corrected chi connectivity index (χ3v) is 7.43. The van der Waals surface area contributed by atoms with E-state index in [1.807, 2.05) is 0 Å². The fourth-order valence-corrected chi connectivity index (χ4v) is 5.74. The second kappa shape index (κ2) is 11.2. The van der Waals surface area contributed by atoms with Gasteiger partial charge in [0.15, 0.2) is 0 Å². The average molecular weight is 559 g/mol. The number of aromatic nitrogens is 1. The van der Waals surface area contributed by atoms with E-state index in [1.165, 1.54) is 30.3 Å². The summed E-state index contributed by atoms with van der Waals surface area (Å²) in [6.07, 6.45) is -5.46. The van der Waals surface area contributed by atoms with Gasteiger partial charge in [-0.15, -0.1) is 0 Å². The van der Waals surface area contributed by atoms with Crippen LogP contribution in [0.2, 0.25) is 0 Å². The third kappa shape index (κ3) is 5.54. The maximum absolute atomic E-state index is 15.1. The van der Waals surface area contributed by atoms with Gasteiger partial charge in [0.25, 0.3) is 6.43 Å². The number of nitrogens with one attached hydrogen (secondary N) is 2. The highest BCUT2D eigenvalue weighted by molar-refractivity contribution is 5.85. The van der Waals surface area contributed by atoms with Crippen molar-refractivity contribution < 1.29 is 35.5 Å². The Bertz CT molecular complexity index is 1300. The summed E-state index contributed by atoms with van der Waals surface area (Å²) in [5, 5.41) is 3.74. The highest BCUT2D eigenvalue weighted by Gasteiger charge is 2.44. The molecule has 2 N–H and O–H groups in total. The van der Waals surface area contributed by atoms with Crippen molar-refractivity contribution in [2.45, 2.75) is 57.2 Å². The lowest BCUT2D eigenvalue weighted by Gasteiger charge is -2.43. The van der Waals surface area contributed by atoms with E-state index < -0.39 is 43.9 Å². The molecule has 39 heavy (non-hydrogen) atoms. The van der Waals surface area contributed by atoms with Crippen molar-refractivity contribution in [3.05, 3.63) is 59.0 Å². The lowest BCUT2D eigenvalue weighted by atomic mass is 9.88. The molecule has 5 nitrogen and oxygen atoms in total. The Labute approximate surface area is 220 Å². The molecule has 0 saturated carbocycles. The van der Waals surface area contributed by atoms with E-state index in [-0.39, 0.29) is 23.8 Å². The summed E-state index contributed by atoms with van der Waals surface area (Å²) >= 11 is 0. The summed E-state index contributed by atoms with van der Waals surface area (Å²) in [5.74, 6) is -0.784. The van der Waals surface area contributed by atoms with Crippen LogP contribution in [0.5, 0.6) is 5.75 Å². The Balaban J connectivity index is 1.55. The van der Waals surface area contributed by atoms with E-state index in [0.29, 0.717) is 53.9 Å². The van der Waals surface area contributed by atoms with Crippen LogP contribution in [-0.4, -0.2) is 72.5 Å². The number of fused-ring (bicyclic) bond motifs is 3. The number of hydrogen-bond donors (Lipinski definition) is 2. The summed E-state index contributed by atoms with van der Waals surface area (Å²) in [4.78, 5) is 6.10. The van der Waals surface area contributed by atoms with Crippen LogP contribution >= 0.6 is 0 Å². The monoisotopic (exact) mass is 558 g/mol. The molecule has 3 aromatic rings. The molecule has 2 unspecified atom stereocenters. The number of ether oxygens (including phenoxy) is 1. The Morgan fingerprint density at radius 3 is 2.54 bits per heavy atom. The fraction of sp³-hybridized carbons (Fsp3) is 0.481. The summed E-state index contributed by atoms with van der Waals surface area (Å²) in [7, 11) is 0. The third-order valence-electron chi connectivity index (χ3n) is 7.43. The van der Waals surface area contributed by atoms with Gasteiger partial charge >= 0.3 is 6.61 Å². The molecule has 2 aromatic carbocycles. The van der Waals surface area contributed by atoms with Crippen molar-refractivity contribution in [2.24, 2.45) is 0 Å². The molecule has 2 aliphatic heterocycles. The molecule has 0 bridgehead atoms. The first-order valence-corrected chi connectivity index (χ1v) is 12.8. The van der Waals surface area contributed by atoms with E-state index in [4.69, 9.17) is 4.74 Å². The van der Waals surface area contributed by atoms with Gasteiger partial charge in [-0.25, -0.2) is 17.6 Å². The van der Waals surface area contributed by atoms with Gasteiger partial charge in [0, 0.05) is 59.6 Å². The number of aromatic amines is 1. The minimum atomic E-state index is -3.35. The van der Waals surface area contributed by atoms with Gasteiger partial charge < -0.3 is 15.0 Å². The molecule has 12 heteroatoms. The van der Waals surface area contributed by atoms with Crippen LogP contribution in [-0.2, 0) is 6.42 Å². The predicted molar refractivity (Wildman–Crippen MR) is 134 cm³/mol. The largest absolute Gasteiger partial charge is 0.434 e. The lowest BCUT2D eigenvalue weighted by molar-refractivity contribution is -0.0857. The zero-order valence-electron chi connectivity index (χ0n) is 21.1. The molecular weight excluding hydrogens is 529 g/mol. The van der Waals surface area contributed by atoms with E-state index in [0.717, 1.165) is 4.90 Å². The molecule has 3 heterocycles. The van der Waals surface area contributed by atoms with Crippen molar-refractivity contribution >= 4 is 16.6 Å². The Morgan fingerprint density at radius 1 is 1.08 bits per heavy atom. The SMILES string of the molecule is C[C@@H]1Cc2c([nH]c3ccc(F)cc23)C(c2ccc(NC3CN(CCCF)C3)cc2OC(F)F)N1C(F)C(F)F. The van der Waals surface area contributed by atoms with Gasteiger partial charge in [-0.1, -0.05) is 6.07 Å². The van der Waals surface area contributed by atoms with Crippen molar-refractivity contribution in [3.8, 4) is 5.75 Å². The van der Waals surface area contributed by atoms with E-state index in [1.54, 1.807) is 13.0 Å². The Hall–Kier alpha value is -2.99. The second-order valence-electron chi connectivity index (χ2n) is 10.1. The lowest BCUT2D eigenvalue weighted by Crippen LogP contribution is -2.54. The van der Waals surface area contributed by atoms with Crippen LogP contribution in [0.15, 0.2) is 36.4 Å². The highest BCUT2D eigenvalue weighted by Crippen LogP contribution is 2.46. The zero-order chi connectivity index (χ0) is 27.8. The van der Waals surface area contributed by atoms with Crippen LogP contribution in [0.1, 0.15) is 36.2 Å². The van der Waals surface area contributed by atoms with Gasteiger partial charge in [-0.05, 0) is 49.6 Å². The second-order valence-corrected chi connectivity index (χ2v) is 10.1.